The lowest BCUT2D eigenvalue weighted by atomic mass is 10.1. The third-order valence-electron chi connectivity index (χ3n) is 4.81. The van der Waals surface area contributed by atoms with Crippen molar-refractivity contribution < 1.29 is 24.3 Å². The molecule has 0 radical (unpaired) electrons. The first-order valence-corrected chi connectivity index (χ1v) is 11.0. The summed E-state index contributed by atoms with van der Waals surface area (Å²) in [6, 6.07) is 5.86. The van der Waals surface area contributed by atoms with Gasteiger partial charge in [0.1, 0.15) is 25.1 Å². The van der Waals surface area contributed by atoms with E-state index < -0.39 is 18.6 Å². The molecule has 9 nitrogen and oxygen atoms in total. The number of benzene rings is 1. The van der Waals surface area contributed by atoms with Crippen molar-refractivity contribution in [3.8, 4) is 27.9 Å². The number of nitrogens with one attached hydrogen (secondary N) is 2. The molecule has 3 aromatic rings. The van der Waals surface area contributed by atoms with Gasteiger partial charge in [0.05, 0.1) is 4.88 Å². The molecule has 4 N–H and O–H groups in total. The predicted octanol–water partition coefficient (Wildman–Crippen LogP) is 1.96. The van der Waals surface area contributed by atoms with Crippen molar-refractivity contribution in [3.05, 3.63) is 39.8 Å². The quantitative estimate of drug-likeness (QED) is 0.361. The Balaban J connectivity index is 1.71. The first-order valence-electron chi connectivity index (χ1n) is 10.2. The van der Waals surface area contributed by atoms with E-state index in [0.29, 0.717) is 17.5 Å². The summed E-state index contributed by atoms with van der Waals surface area (Å²) in [6.07, 6.45) is -0.897. The molecule has 172 valence electrons. The van der Waals surface area contributed by atoms with Crippen LogP contribution in [0.4, 0.5) is 0 Å². The number of hydrogen-bond acceptors (Lipinski definition) is 9. The zero-order valence-electron chi connectivity index (χ0n) is 18.6. The van der Waals surface area contributed by atoms with Gasteiger partial charge >= 0.3 is 0 Å². The topological polar surface area (TPSA) is 130 Å². The van der Waals surface area contributed by atoms with Crippen LogP contribution >= 0.6 is 11.3 Å². The summed E-state index contributed by atoms with van der Waals surface area (Å²) in [5.41, 5.74) is 3.72. The molecule has 1 unspecified atom stereocenters. The highest BCUT2D eigenvalue weighted by Crippen LogP contribution is 2.33. The van der Waals surface area contributed by atoms with Crippen molar-refractivity contribution in [3.63, 3.8) is 0 Å². The second-order valence-corrected chi connectivity index (χ2v) is 8.67. The Labute approximate surface area is 190 Å². The highest BCUT2D eigenvalue weighted by molar-refractivity contribution is 7.15. The minimum absolute atomic E-state index is 0.000560. The van der Waals surface area contributed by atoms with Gasteiger partial charge in [-0.25, -0.2) is 0 Å². The van der Waals surface area contributed by atoms with Crippen LogP contribution in [0.1, 0.15) is 21.6 Å². The van der Waals surface area contributed by atoms with Gasteiger partial charge in [-0.2, -0.15) is 4.98 Å². The number of carbonyl (C=O) groups is 1. The summed E-state index contributed by atoms with van der Waals surface area (Å²) >= 11 is 1.63. The Morgan fingerprint density at radius 1 is 1.22 bits per heavy atom. The second kappa shape index (κ2) is 10.7. The van der Waals surface area contributed by atoms with Crippen molar-refractivity contribution >= 4 is 17.2 Å². The zero-order chi connectivity index (χ0) is 23.3. The van der Waals surface area contributed by atoms with Crippen molar-refractivity contribution in [2.75, 3.05) is 26.8 Å². The number of rotatable bonds is 10. The van der Waals surface area contributed by atoms with Gasteiger partial charge in [0, 0.05) is 23.5 Å². The minimum Gasteiger partial charge on any atom is -0.490 e. The normalized spacial score (nSPS) is 12.1. The number of aromatic nitrogens is 2. The highest BCUT2D eigenvalue weighted by atomic mass is 32.1. The standard InChI is InChI=1S/C22H28N4O5S/c1-12-7-17(32-18(12)9-23-4)22-25-21(26-31-22)15-5-13(2)20(14(3)6-15)30-11-16(28)8-24-19(29)10-27/h5-7,16,23,27-28H,8-11H2,1-4H3,(H,24,29). The molecule has 0 aliphatic rings. The fourth-order valence-electron chi connectivity index (χ4n) is 3.24. The van der Waals surface area contributed by atoms with Crippen molar-refractivity contribution in [1.29, 1.82) is 0 Å². The van der Waals surface area contributed by atoms with E-state index in [-0.39, 0.29) is 13.2 Å². The maximum absolute atomic E-state index is 11.1. The Kier molecular flexibility index (Phi) is 7.97. The number of thiophene rings is 1. The van der Waals surface area contributed by atoms with E-state index in [2.05, 4.69) is 33.8 Å². The van der Waals surface area contributed by atoms with Crippen molar-refractivity contribution in [2.24, 2.45) is 0 Å². The van der Waals surface area contributed by atoms with E-state index >= 15 is 0 Å². The molecule has 32 heavy (non-hydrogen) atoms. The summed E-state index contributed by atoms with van der Waals surface area (Å²) in [5.74, 6) is 1.08. The Hall–Kier alpha value is -2.79. The van der Waals surface area contributed by atoms with Gasteiger partial charge in [-0.3, -0.25) is 4.79 Å². The summed E-state index contributed by atoms with van der Waals surface area (Å²) in [4.78, 5) is 17.8. The van der Waals surface area contributed by atoms with Crippen LogP contribution in [0, 0.1) is 20.8 Å². The summed E-state index contributed by atoms with van der Waals surface area (Å²) in [6.45, 7) is 6.05. The molecule has 2 aromatic heterocycles. The molecular weight excluding hydrogens is 432 g/mol. The van der Waals surface area contributed by atoms with E-state index in [4.69, 9.17) is 14.4 Å². The Bertz CT molecular complexity index is 1060. The number of carbonyl (C=O) groups excluding carboxylic acids is 1. The van der Waals surface area contributed by atoms with Gasteiger partial charge < -0.3 is 30.1 Å². The summed E-state index contributed by atoms with van der Waals surface area (Å²) in [5, 5.41) is 28.4. The van der Waals surface area contributed by atoms with Gasteiger partial charge in [0.25, 0.3) is 5.89 Å². The van der Waals surface area contributed by atoms with Crippen LogP contribution in [0.25, 0.3) is 22.2 Å². The Morgan fingerprint density at radius 2 is 1.94 bits per heavy atom. The number of aliphatic hydroxyl groups is 2. The number of hydrogen-bond donors (Lipinski definition) is 4. The number of aryl methyl sites for hydroxylation is 3. The van der Waals surface area contributed by atoms with Crippen LogP contribution in [-0.4, -0.2) is 59.2 Å². The Morgan fingerprint density at radius 3 is 2.59 bits per heavy atom. The van der Waals surface area contributed by atoms with E-state index in [1.54, 1.807) is 11.3 Å². The molecule has 0 saturated carbocycles. The van der Waals surface area contributed by atoms with E-state index in [1.807, 2.05) is 33.0 Å². The molecule has 1 atom stereocenters. The molecule has 0 spiro atoms. The molecule has 0 aliphatic heterocycles. The van der Waals surface area contributed by atoms with Crippen molar-refractivity contribution in [2.45, 2.75) is 33.4 Å². The molecule has 0 fully saturated rings. The fraction of sp³-hybridized carbons (Fsp3) is 0.409. The number of amides is 1. The second-order valence-electron chi connectivity index (χ2n) is 7.54. The first kappa shape index (κ1) is 23.9. The lowest BCUT2D eigenvalue weighted by Gasteiger charge is -2.16. The molecule has 1 amide bonds. The van der Waals surface area contributed by atoms with Crippen LogP contribution in [0.5, 0.6) is 5.75 Å². The maximum atomic E-state index is 11.1. The SMILES string of the molecule is CNCc1sc(-c2nc(-c3cc(C)c(OCC(O)CNC(=O)CO)c(C)c3)no2)cc1C. The van der Waals surface area contributed by atoms with Gasteiger partial charge in [0.2, 0.25) is 11.7 Å². The van der Waals surface area contributed by atoms with Gasteiger partial charge in [0.15, 0.2) is 0 Å². The molecule has 0 saturated heterocycles. The minimum atomic E-state index is -0.897. The molecule has 2 heterocycles. The third kappa shape index (κ3) is 5.71. The zero-order valence-corrected chi connectivity index (χ0v) is 19.4. The van der Waals surface area contributed by atoms with Crippen LogP contribution < -0.4 is 15.4 Å². The van der Waals surface area contributed by atoms with E-state index in [0.717, 1.165) is 28.1 Å². The monoisotopic (exact) mass is 460 g/mol. The maximum Gasteiger partial charge on any atom is 0.268 e. The number of nitrogens with zero attached hydrogens (tertiary/aromatic N) is 2. The highest BCUT2D eigenvalue weighted by Gasteiger charge is 2.17. The summed E-state index contributed by atoms with van der Waals surface area (Å²) < 4.78 is 11.3. The van der Waals surface area contributed by atoms with E-state index in [9.17, 15) is 9.90 Å². The number of ether oxygens (including phenoxy) is 1. The predicted molar refractivity (Wildman–Crippen MR) is 122 cm³/mol. The largest absolute Gasteiger partial charge is 0.490 e. The first-order chi connectivity index (χ1) is 15.3. The lowest BCUT2D eigenvalue weighted by molar-refractivity contribution is -0.124. The van der Waals surface area contributed by atoms with Gasteiger partial charge in [-0.05, 0) is 62.7 Å². The van der Waals surface area contributed by atoms with Crippen LogP contribution in [0.3, 0.4) is 0 Å². The average molecular weight is 461 g/mol. The van der Waals surface area contributed by atoms with Crippen LogP contribution in [0.15, 0.2) is 22.7 Å². The van der Waals surface area contributed by atoms with Crippen molar-refractivity contribution in [1.82, 2.24) is 20.8 Å². The lowest BCUT2D eigenvalue weighted by Crippen LogP contribution is -2.36. The van der Waals surface area contributed by atoms with Crippen LogP contribution in [-0.2, 0) is 11.3 Å². The third-order valence-corrected chi connectivity index (χ3v) is 6.04. The molecule has 1 aromatic carbocycles. The number of aliphatic hydroxyl groups excluding tert-OH is 2. The van der Waals surface area contributed by atoms with E-state index in [1.165, 1.54) is 10.4 Å². The fourth-order valence-corrected chi connectivity index (χ4v) is 4.34. The molecule has 0 aliphatic carbocycles. The summed E-state index contributed by atoms with van der Waals surface area (Å²) in [7, 11) is 1.91. The van der Waals surface area contributed by atoms with Gasteiger partial charge in [-0.15, -0.1) is 11.3 Å². The molecular formula is C22H28N4O5S. The molecule has 3 rings (SSSR count). The molecule has 10 heteroatoms. The van der Waals surface area contributed by atoms with Gasteiger partial charge in [-0.1, -0.05) is 5.16 Å². The smallest absolute Gasteiger partial charge is 0.268 e. The van der Waals surface area contributed by atoms with Crippen LogP contribution in [0.2, 0.25) is 0 Å². The average Bonchev–Trinajstić information content (AvgIpc) is 3.39. The molecule has 0 bridgehead atoms.